The van der Waals surface area contributed by atoms with E-state index >= 15 is 0 Å². The number of rotatable bonds is 8. The number of carbonyl (C=O) groups excluding carboxylic acids is 2. The highest BCUT2D eigenvalue weighted by molar-refractivity contribution is 6.14. The minimum atomic E-state index is -0.368. The van der Waals surface area contributed by atoms with Gasteiger partial charge in [0.1, 0.15) is 0 Å². The standard InChI is InChI=1S/C23H25N3O5/c1-2-3-4-5-9-21(27)26(29)18-13-24-22-16(18)7-6-8-17(22)23(28)25-15-10-11-19-20(12-15)31-14-30-19/h6-8,10-13,24,29H,2-5,9,14H2,1H3,(H,25,28). The lowest BCUT2D eigenvalue weighted by molar-refractivity contribution is -0.123. The van der Waals surface area contributed by atoms with Gasteiger partial charge in [0.05, 0.1) is 16.8 Å². The number of para-hydroxylation sites is 1. The van der Waals surface area contributed by atoms with Crippen LogP contribution in [-0.2, 0) is 4.79 Å². The quantitative estimate of drug-likeness (QED) is 0.273. The van der Waals surface area contributed by atoms with Crippen LogP contribution in [0.1, 0.15) is 49.4 Å². The molecule has 8 nitrogen and oxygen atoms in total. The third kappa shape index (κ3) is 4.34. The normalized spacial score (nSPS) is 12.2. The van der Waals surface area contributed by atoms with Gasteiger partial charge in [-0.1, -0.05) is 38.3 Å². The van der Waals surface area contributed by atoms with Crippen molar-refractivity contribution in [1.82, 2.24) is 4.98 Å². The van der Waals surface area contributed by atoms with Gasteiger partial charge in [0, 0.05) is 29.8 Å². The molecule has 2 heterocycles. The summed E-state index contributed by atoms with van der Waals surface area (Å²) < 4.78 is 10.6. The predicted molar refractivity (Wildman–Crippen MR) is 117 cm³/mol. The third-order valence-electron chi connectivity index (χ3n) is 5.28. The molecule has 31 heavy (non-hydrogen) atoms. The van der Waals surface area contributed by atoms with Crippen LogP contribution in [0.25, 0.3) is 10.9 Å². The molecule has 162 valence electrons. The van der Waals surface area contributed by atoms with Crippen LogP contribution in [0.15, 0.2) is 42.6 Å². The monoisotopic (exact) mass is 423 g/mol. The maximum atomic E-state index is 12.9. The first-order chi connectivity index (χ1) is 15.1. The fraction of sp³-hybridized carbons (Fsp3) is 0.304. The number of anilines is 2. The molecule has 0 atom stereocenters. The number of H-pyrrole nitrogens is 1. The number of benzene rings is 2. The van der Waals surface area contributed by atoms with E-state index < -0.39 is 0 Å². The maximum absolute atomic E-state index is 12.9. The number of nitrogens with one attached hydrogen (secondary N) is 2. The Balaban J connectivity index is 1.51. The van der Waals surface area contributed by atoms with E-state index in [1.54, 1.807) is 36.4 Å². The second kappa shape index (κ2) is 9.09. The smallest absolute Gasteiger partial charge is 0.257 e. The van der Waals surface area contributed by atoms with Crippen molar-refractivity contribution in [2.45, 2.75) is 39.0 Å². The Morgan fingerprint density at radius 2 is 1.97 bits per heavy atom. The Morgan fingerprint density at radius 3 is 2.81 bits per heavy atom. The maximum Gasteiger partial charge on any atom is 0.257 e. The number of nitrogens with zero attached hydrogens (tertiary/aromatic N) is 1. The van der Waals surface area contributed by atoms with Gasteiger partial charge >= 0.3 is 0 Å². The van der Waals surface area contributed by atoms with Gasteiger partial charge in [0.15, 0.2) is 11.5 Å². The molecule has 3 aromatic rings. The average Bonchev–Trinajstić information content (AvgIpc) is 3.42. The van der Waals surface area contributed by atoms with E-state index in [0.29, 0.717) is 44.4 Å². The Hall–Kier alpha value is -3.52. The second-order valence-corrected chi connectivity index (χ2v) is 7.44. The number of aromatic amines is 1. The highest BCUT2D eigenvalue weighted by Gasteiger charge is 2.20. The summed E-state index contributed by atoms with van der Waals surface area (Å²) in [6.07, 6.45) is 5.63. The summed E-state index contributed by atoms with van der Waals surface area (Å²) >= 11 is 0. The molecule has 0 saturated heterocycles. The number of carbonyl (C=O) groups is 2. The summed E-state index contributed by atoms with van der Waals surface area (Å²) in [5.41, 5.74) is 1.83. The zero-order valence-corrected chi connectivity index (χ0v) is 17.3. The topological polar surface area (TPSA) is 104 Å². The van der Waals surface area contributed by atoms with Crippen molar-refractivity contribution in [3.05, 3.63) is 48.2 Å². The lowest BCUT2D eigenvalue weighted by Crippen LogP contribution is -2.26. The molecule has 1 aromatic heterocycles. The third-order valence-corrected chi connectivity index (χ3v) is 5.28. The molecule has 2 aromatic carbocycles. The van der Waals surface area contributed by atoms with Crippen molar-refractivity contribution in [3.63, 3.8) is 0 Å². The SMILES string of the molecule is CCCCCCC(=O)N(O)c1c[nH]c2c(C(=O)Nc3ccc4c(c3)OCO4)cccc12. The van der Waals surface area contributed by atoms with Crippen LogP contribution in [0, 0.1) is 0 Å². The van der Waals surface area contributed by atoms with Crippen molar-refractivity contribution in [3.8, 4) is 11.5 Å². The molecule has 2 amide bonds. The van der Waals surface area contributed by atoms with Crippen molar-refractivity contribution < 1.29 is 24.3 Å². The Kier molecular flexibility index (Phi) is 6.08. The highest BCUT2D eigenvalue weighted by Crippen LogP contribution is 2.35. The zero-order valence-electron chi connectivity index (χ0n) is 17.3. The summed E-state index contributed by atoms with van der Waals surface area (Å²) in [7, 11) is 0. The fourth-order valence-corrected chi connectivity index (χ4v) is 3.62. The highest BCUT2D eigenvalue weighted by atomic mass is 16.7. The molecule has 3 N–H and O–H groups in total. The molecule has 0 aliphatic carbocycles. The second-order valence-electron chi connectivity index (χ2n) is 7.44. The predicted octanol–water partition coefficient (Wildman–Crippen LogP) is 4.84. The molecular formula is C23H25N3O5. The van der Waals surface area contributed by atoms with Crippen molar-refractivity contribution in [1.29, 1.82) is 0 Å². The lowest BCUT2D eigenvalue weighted by Gasteiger charge is -2.14. The van der Waals surface area contributed by atoms with E-state index in [2.05, 4.69) is 17.2 Å². The van der Waals surface area contributed by atoms with Gasteiger partial charge in [-0.2, -0.15) is 5.06 Å². The van der Waals surface area contributed by atoms with Crippen LogP contribution < -0.4 is 19.9 Å². The van der Waals surface area contributed by atoms with Gasteiger partial charge in [-0.3, -0.25) is 14.8 Å². The number of hydrogen-bond donors (Lipinski definition) is 3. The van der Waals surface area contributed by atoms with E-state index in [1.165, 1.54) is 6.20 Å². The minimum absolute atomic E-state index is 0.159. The Morgan fingerprint density at radius 1 is 1.13 bits per heavy atom. The molecule has 0 unspecified atom stereocenters. The van der Waals surface area contributed by atoms with Crippen LogP contribution in [0.2, 0.25) is 0 Å². The lowest BCUT2D eigenvalue weighted by atomic mass is 10.1. The van der Waals surface area contributed by atoms with E-state index in [4.69, 9.17) is 9.47 Å². The molecule has 0 spiro atoms. The largest absolute Gasteiger partial charge is 0.454 e. The van der Waals surface area contributed by atoms with Crippen LogP contribution in [0.5, 0.6) is 11.5 Å². The van der Waals surface area contributed by atoms with Crippen LogP contribution in [0.3, 0.4) is 0 Å². The molecule has 0 saturated carbocycles. The first kappa shape index (κ1) is 20.7. The van der Waals surface area contributed by atoms with Gasteiger partial charge in [0.2, 0.25) is 6.79 Å². The average molecular weight is 423 g/mol. The first-order valence-electron chi connectivity index (χ1n) is 10.4. The fourth-order valence-electron chi connectivity index (χ4n) is 3.62. The van der Waals surface area contributed by atoms with Crippen molar-refractivity contribution in [2.75, 3.05) is 17.2 Å². The Labute approximate surface area is 179 Å². The summed E-state index contributed by atoms with van der Waals surface area (Å²) in [4.78, 5) is 28.3. The summed E-state index contributed by atoms with van der Waals surface area (Å²) in [6.45, 7) is 2.26. The summed E-state index contributed by atoms with van der Waals surface area (Å²) in [6, 6.07) is 10.3. The number of fused-ring (bicyclic) bond motifs is 2. The van der Waals surface area contributed by atoms with Gasteiger partial charge < -0.3 is 19.8 Å². The van der Waals surface area contributed by atoms with Gasteiger partial charge in [-0.15, -0.1) is 0 Å². The van der Waals surface area contributed by atoms with Crippen LogP contribution in [-0.4, -0.2) is 28.8 Å². The summed E-state index contributed by atoms with van der Waals surface area (Å²) in [5, 5.41) is 14.5. The number of unbranched alkanes of at least 4 members (excludes halogenated alkanes) is 3. The first-order valence-corrected chi connectivity index (χ1v) is 10.4. The van der Waals surface area contributed by atoms with E-state index in [0.717, 1.165) is 25.7 Å². The van der Waals surface area contributed by atoms with Crippen LogP contribution in [0.4, 0.5) is 11.4 Å². The molecule has 1 aliphatic rings. The minimum Gasteiger partial charge on any atom is -0.454 e. The number of ether oxygens (including phenoxy) is 2. The van der Waals surface area contributed by atoms with Gasteiger partial charge in [-0.25, -0.2) is 0 Å². The van der Waals surface area contributed by atoms with Gasteiger partial charge in [-0.05, 0) is 24.6 Å². The number of hydroxylamine groups is 1. The molecule has 0 bridgehead atoms. The molecular weight excluding hydrogens is 398 g/mol. The Bertz CT molecular complexity index is 1110. The van der Waals surface area contributed by atoms with Crippen LogP contribution >= 0.6 is 0 Å². The molecule has 1 aliphatic heterocycles. The van der Waals surface area contributed by atoms with E-state index in [9.17, 15) is 14.8 Å². The summed E-state index contributed by atoms with van der Waals surface area (Å²) in [5.74, 6) is 0.517. The zero-order chi connectivity index (χ0) is 21.8. The number of aromatic nitrogens is 1. The number of hydrogen-bond acceptors (Lipinski definition) is 5. The van der Waals surface area contributed by atoms with E-state index in [-0.39, 0.29) is 25.0 Å². The van der Waals surface area contributed by atoms with Gasteiger partial charge in [0.25, 0.3) is 11.8 Å². The molecule has 8 heteroatoms. The molecule has 4 rings (SSSR count). The number of amides is 2. The van der Waals surface area contributed by atoms with E-state index in [1.807, 2.05) is 0 Å². The van der Waals surface area contributed by atoms with Crippen molar-refractivity contribution >= 4 is 34.1 Å². The molecule has 0 fully saturated rings. The van der Waals surface area contributed by atoms with Crippen molar-refractivity contribution in [2.24, 2.45) is 0 Å². The molecule has 0 radical (unpaired) electrons.